The monoisotopic (exact) mass is 385 g/mol. The maximum absolute atomic E-state index is 6.28. The fourth-order valence-electron chi connectivity index (χ4n) is 3.45. The minimum Gasteiger partial charge on any atom is -0.496 e. The number of hydrogen-bond donors (Lipinski definition) is 0. The molecule has 0 unspecified atom stereocenters. The first-order valence-corrected chi connectivity index (χ1v) is 9.95. The number of para-hydroxylation sites is 1. The van der Waals surface area contributed by atoms with Crippen molar-refractivity contribution in [2.24, 2.45) is 0 Å². The van der Waals surface area contributed by atoms with Crippen molar-refractivity contribution >= 4 is 28.6 Å². The molecule has 0 atom stereocenters. The first-order chi connectivity index (χ1) is 12.8. The van der Waals surface area contributed by atoms with Crippen LogP contribution in [0.25, 0.3) is 11.3 Å². The number of methoxy groups -OCH3 is 1. The molecular formula is C20H20ClN3OS. The summed E-state index contributed by atoms with van der Waals surface area (Å²) in [5.41, 5.74) is 3.13. The molecule has 0 bridgehead atoms. The summed E-state index contributed by atoms with van der Waals surface area (Å²) in [4.78, 5) is 11.3. The summed E-state index contributed by atoms with van der Waals surface area (Å²) in [6.07, 6.45) is 5.67. The van der Waals surface area contributed by atoms with Crippen LogP contribution in [0.3, 0.4) is 0 Å². The molecule has 1 aliphatic heterocycles. The van der Waals surface area contributed by atoms with Crippen molar-refractivity contribution in [3.63, 3.8) is 0 Å². The fourth-order valence-corrected chi connectivity index (χ4v) is 4.68. The highest BCUT2D eigenvalue weighted by Crippen LogP contribution is 2.37. The number of halogens is 1. The summed E-state index contributed by atoms with van der Waals surface area (Å²) < 4.78 is 5.47. The Hall–Kier alpha value is -2.11. The van der Waals surface area contributed by atoms with Crippen LogP contribution in [0, 0.1) is 0 Å². The van der Waals surface area contributed by atoms with E-state index < -0.39 is 0 Å². The van der Waals surface area contributed by atoms with Gasteiger partial charge in [0.2, 0.25) is 0 Å². The molecule has 0 spiro atoms. The zero-order valence-corrected chi connectivity index (χ0v) is 16.1. The first kappa shape index (κ1) is 17.3. The molecule has 1 fully saturated rings. The quantitative estimate of drug-likeness (QED) is 0.614. The normalized spacial score (nSPS) is 15.2. The lowest BCUT2D eigenvalue weighted by molar-refractivity contribution is 0.416. The third-order valence-corrected chi connectivity index (χ3v) is 6.14. The SMILES string of the molecule is COc1ccccc1-c1csc(C2CCN(c3ccncc3Cl)CC2)n1. The van der Waals surface area contributed by atoms with Crippen molar-refractivity contribution in [3.05, 3.63) is 58.1 Å². The van der Waals surface area contributed by atoms with Gasteiger partial charge in [0.25, 0.3) is 0 Å². The second kappa shape index (κ2) is 7.64. The summed E-state index contributed by atoms with van der Waals surface area (Å²) in [5, 5.41) is 4.07. The Labute approximate surface area is 162 Å². The predicted molar refractivity (Wildman–Crippen MR) is 108 cm³/mol. The molecule has 0 aliphatic carbocycles. The van der Waals surface area contributed by atoms with Gasteiger partial charge in [0.15, 0.2) is 0 Å². The first-order valence-electron chi connectivity index (χ1n) is 8.69. The van der Waals surface area contributed by atoms with E-state index in [4.69, 9.17) is 21.3 Å². The van der Waals surface area contributed by atoms with Crippen LogP contribution in [0.15, 0.2) is 48.1 Å². The molecule has 0 radical (unpaired) electrons. The highest BCUT2D eigenvalue weighted by molar-refractivity contribution is 7.10. The van der Waals surface area contributed by atoms with Crippen molar-refractivity contribution in [1.82, 2.24) is 9.97 Å². The molecule has 1 saturated heterocycles. The molecule has 4 rings (SSSR count). The molecule has 3 heterocycles. The fraction of sp³-hybridized carbons (Fsp3) is 0.300. The van der Waals surface area contributed by atoms with Crippen molar-refractivity contribution in [3.8, 4) is 17.0 Å². The summed E-state index contributed by atoms with van der Waals surface area (Å²) in [7, 11) is 1.70. The lowest BCUT2D eigenvalue weighted by atomic mass is 9.97. The van der Waals surface area contributed by atoms with Crippen molar-refractivity contribution in [1.29, 1.82) is 0 Å². The van der Waals surface area contributed by atoms with Gasteiger partial charge in [-0.3, -0.25) is 4.98 Å². The lowest BCUT2D eigenvalue weighted by Crippen LogP contribution is -2.33. The average molecular weight is 386 g/mol. The number of rotatable bonds is 4. The van der Waals surface area contributed by atoms with E-state index in [0.29, 0.717) is 5.92 Å². The van der Waals surface area contributed by atoms with Crippen LogP contribution in [0.2, 0.25) is 5.02 Å². The highest BCUT2D eigenvalue weighted by atomic mass is 35.5. The van der Waals surface area contributed by atoms with E-state index in [2.05, 4.69) is 21.3 Å². The van der Waals surface area contributed by atoms with Gasteiger partial charge in [0.05, 0.1) is 28.5 Å². The average Bonchev–Trinajstić information content (AvgIpc) is 3.18. The maximum Gasteiger partial charge on any atom is 0.128 e. The van der Waals surface area contributed by atoms with E-state index in [0.717, 1.165) is 53.6 Å². The second-order valence-corrected chi connectivity index (χ2v) is 7.66. The van der Waals surface area contributed by atoms with Gasteiger partial charge in [0, 0.05) is 42.3 Å². The van der Waals surface area contributed by atoms with Gasteiger partial charge in [-0.2, -0.15) is 0 Å². The van der Waals surface area contributed by atoms with E-state index >= 15 is 0 Å². The van der Waals surface area contributed by atoms with Crippen molar-refractivity contribution < 1.29 is 4.74 Å². The van der Waals surface area contributed by atoms with Gasteiger partial charge in [-0.05, 0) is 31.0 Å². The number of ether oxygens (including phenoxy) is 1. The molecule has 1 aliphatic rings. The Morgan fingerprint density at radius 3 is 2.77 bits per heavy atom. The Morgan fingerprint density at radius 2 is 2.00 bits per heavy atom. The van der Waals surface area contributed by atoms with E-state index in [1.807, 2.05) is 24.3 Å². The van der Waals surface area contributed by atoms with Gasteiger partial charge in [0.1, 0.15) is 5.75 Å². The molecule has 0 saturated carbocycles. The minimum absolute atomic E-state index is 0.500. The molecular weight excluding hydrogens is 366 g/mol. The number of hydrogen-bond acceptors (Lipinski definition) is 5. The molecule has 134 valence electrons. The Bertz CT molecular complexity index is 890. The number of piperidine rings is 1. The predicted octanol–water partition coefficient (Wildman–Crippen LogP) is 5.25. The Morgan fingerprint density at radius 1 is 1.19 bits per heavy atom. The number of pyridine rings is 1. The van der Waals surface area contributed by atoms with Gasteiger partial charge < -0.3 is 9.64 Å². The van der Waals surface area contributed by atoms with Crippen LogP contribution in [0.5, 0.6) is 5.75 Å². The van der Waals surface area contributed by atoms with Crippen LogP contribution >= 0.6 is 22.9 Å². The second-order valence-electron chi connectivity index (χ2n) is 6.36. The van der Waals surface area contributed by atoms with E-state index in [1.54, 1.807) is 30.8 Å². The topological polar surface area (TPSA) is 38.2 Å². The molecule has 4 nitrogen and oxygen atoms in total. The Kier molecular flexibility index (Phi) is 5.09. The molecule has 0 amide bonds. The number of anilines is 1. The molecule has 26 heavy (non-hydrogen) atoms. The zero-order valence-electron chi connectivity index (χ0n) is 14.6. The summed E-state index contributed by atoms with van der Waals surface area (Å²) in [5.74, 6) is 1.37. The number of benzene rings is 1. The van der Waals surface area contributed by atoms with Gasteiger partial charge in [-0.1, -0.05) is 23.7 Å². The highest BCUT2D eigenvalue weighted by Gasteiger charge is 2.24. The molecule has 0 N–H and O–H groups in total. The molecule has 3 aromatic rings. The van der Waals surface area contributed by atoms with Crippen molar-refractivity contribution in [2.45, 2.75) is 18.8 Å². The largest absolute Gasteiger partial charge is 0.496 e. The van der Waals surface area contributed by atoms with Gasteiger partial charge in [-0.25, -0.2) is 4.98 Å². The summed E-state index contributed by atoms with van der Waals surface area (Å²) in [6, 6.07) is 10.0. The zero-order chi connectivity index (χ0) is 17.9. The van der Waals surface area contributed by atoms with E-state index in [-0.39, 0.29) is 0 Å². The van der Waals surface area contributed by atoms with Crippen LogP contribution in [0.4, 0.5) is 5.69 Å². The van der Waals surface area contributed by atoms with E-state index in [1.165, 1.54) is 5.01 Å². The Balaban J connectivity index is 1.47. The molecule has 6 heteroatoms. The maximum atomic E-state index is 6.28. The third kappa shape index (κ3) is 3.41. The summed E-state index contributed by atoms with van der Waals surface area (Å²) >= 11 is 8.03. The summed E-state index contributed by atoms with van der Waals surface area (Å²) in [6.45, 7) is 1.97. The minimum atomic E-state index is 0.500. The lowest BCUT2D eigenvalue weighted by Gasteiger charge is -2.33. The van der Waals surface area contributed by atoms with Crippen LogP contribution < -0.4 is 9.64 Å². The van der Waals surface area contributed by atoms with Crippen LogP contribution in [0.1, 0.15) is 23.8 Å². The number of thiazole rings is 1. The van der Waals surface area contributed by atoms with Gasteiger partial charge in [-0.15, -0.1) is 11.3 Å². The van der Waals surface area contributed by atoms with Crippen molar-refractivity contribution in [2.75, 3.05) is 25.1 Å². The van der Waals surface area contributed by atoms with Gasteiger partial charge >= 0.3 is 0 Å². The number of aromatic nitrogens is 2. The van der Waals surface area contributed by atoms with E-state index in [9.17, 15) is 0 Å². The molecule has 2 aromatic heterocycles. The molecule has 1 aromatic carbocycles. The number of nitrogens with zero attached hydrogens (tertiary/aromatic N) is 3. The smallest absolute Gasteiger partial charge is 0.128 e. The standard InChI is InChI=1S/C20H20ClN3OS/c1-25-19-5-3-2-4-15(19)17-13-26-20(23-17)14-7-10-24(11-8-14)18-6-9-22-12-16(18)21/h2-6,9,12-14H,7-8,10-11H2,1H3. The van der Waals surface area contributed by atoms with Crippen LogP contribution in [-0.4, -0.2) is 30.2 Å². The van der Waals surface area contributed by atoms with Crippen LogP contribution in [-0.2, 0) is 0 Å². The third-order valence-electron chi connectivity index (χ3n) is 4.84.